The van der Waals surface area contributed by atoms with Crippen LogP contribution < -0.4 is 11.1 Å². The molecule has 1 saturated heterocycles. The molecule has 6 nitrogen and oxygen atoms in total. The number of pyridine rings is 1. The van der Waals surface area contributed by atoms with Gasteiger partial charge in [-0.3, -0.25) is 15.1 Å². The van der Waals surface area contributed by atoms with E-state index in [1.165, 1.54) is 12.1 Å². The van der Waals surface area contributed by atoms with E-state index >= 15 is 0 Å². The summed E-state index contributed by atoms with van der Waals surface area (Å²) in [5.41, 5.74) is 6.26. The lowest BCUT2D eigenvalue weighted by molar-refractivity contribution is -0.568. The van der Waals surface area contributed by atoms with Crippen LogP contribution in [0.25, 0.3) is 0 Å². The first-order valence-electron chi connectivity index (χ1n) is 6.52. The van der Waals surface area contributed by atoms with E-state index in [-0.39, 0.29) is 34.4 Å². The fourth-order valence-corrected chi connectivity index (χ4v) is 2.70. The summed E-state index contributed by atoms with van der Waals surface area (Å²) < 4.78 is 7.50. The highest BCUT2D eigenvalue weighted by atomic mass is 35.5. The highest BCUT2D eigenvalue weighted by Gasteiger charge is 2.25. The Morgan fingerprint density at radius 3 is 2.38 bits per heavy atom. The van der Waals surface area contributed by atoms with Gasteiger partial charge in [0.25, 0.3) is 0 Å². The number of amides is 1. The van der Waals surface area contributed by atoms with Crippen LogP contribution in [0.15, 0.2) is 12.1 Å². The Kier molecular flexibility index (Phi) is 5.03. The number of hydrogen-bond acceptors (Lipinski definition) is 3. The van der Waals surface area contributed by atoms with E-state index < -0.39 is 0 Å². The van der Waals surface area contributed by atoms with Crippen LogP contribution in [0.3, 0.4) is 0 Å². The van der Waals surface area contributed by atoms with Gasteiger partial charge < -0.3 is 4.74 Å². The number of rotatable bonds is 1. The van der Waals surface area contributed by atoms with Gasteiger partial charge in [0.05, 0.1) is 30.9 Å². The van der Waals surface area contributed by atoms with Crippen molar-refractivity contribution in [1.82, 2.24) is 10.3 Å². The topological polar surface area (TPSA) is 80.3 Å². The minimum Gasteiger partial charge on any atom is -0.369 e. The minimum absolute atomic E-state index is 0.0500. The summed E-state index contributed by atoms with van der Waals surface area (Å²) in [6.07, 6.45) is 0.100. The number of nitrogens with one attached hydrogen (secondary N) is 1. The van der Waals surface area contributed by atoms with Gasteiger partial charge in [-0.1, -0.05) is 23.2 Å². The number of halogens is 2. The number of carbonyl (C=O) groups is 1. The zero-order valence-electron chi connectivity index (χ0n) is 11.8. The summed E-state index contributed by atoms with van der Waals surface area (Å²) in [6, 6.07) is 2.86. The lowest BCUT2D eigenvalue weighted by atomic mass is 10.2. The van der Waals surface area contributed by atoms with Crippen LogP contribution in [-0.4, -0.2) is 46.7 Å². The molecule has 0 saturated carbocycles. The Hall–Kier alpha value is -1.37. The first-order chi connectivity index (χ1) is 9.85. The summed E-state index contributed by atoms with van der Waals surface area (Å²) in [7, 11) is 0. The maximum atomic E-state index is 12.2. The molecule has 1 aliphatic rings. The number of guanidine groups is 1. The van der Waals surface area contributed by atoms with Gasteiger partial charge in [-0.2, -0.15) is 0 Å². The molecule has 21 heavy (non-hydrogen) atoms. The lowest BCUT2D eigenvalue weighted by Crippen LogP contribution is -2.50. The van der Waals surface area contributed by atoms with Crippen LogP contribution in [-0.2, 0) is 4.74 Å². The normalized spacial score (nSPS) is 22.0. The number of aromatic nitrogens is 1. The Balaban J connectivity index is 2.14. The number of nitrogens with zero attached hydrogens (tertiary/aromatic N) is 2. The first-order valence-corrected chi connectivity index (χ1v) is 7.28. The van der Waals surface area contributed by atoms with Gasteiger partial charge in [0.1, 0.15) is 10.3 Å². The fraction of sp³-hybridized carbons (Fsp3) is 0.462. The highest BCUT2D eigenvalue weighted by Crippen LogP contribution is 2.14. The van der Waals surface area contributed by atoms with E-state index in [1.807, 2.05) is 18.4 Å². The maximum Gasteiger partial charge on any atom is 0.351 e. The third kappa shape index (κ3) is 4.30. The van der Waals surface area contributed by atoms with Crippen molar-refractivity contribution < 1.29 is 14.1 Å². The molecule has 1 aromatic heterocycles. The molecule has 0 spiro atoms. The zero-order chi connectivity index (χ0) is 15.6. The van der Waals surface area contributed by atoms with Crippen molar-refractivity contribution in [2.75, 3.05) is 13.1 Å². The van der Waals surface area contributed by atoms with Crippen LogP contribution in [0, 0.1) is 0 Å². The van der Waals surface area contributed by atoms with Crippen molar-refractivity contribution in [3.8, 4) is 0 Å². The summed E-state index contributed by atoms with van der Waals surface area (Å²) in [4.78, 5) is 15.9. The van der Waals surface area contributed by atoms with E-state index in [0.717, 1.165) is 0 Å². The Bertz CT molecular complexity index is 559. The van der Waals surface area contributed by atoms with Crippen LogP contribution >= 0.6 is 23.2 Å². The van der Waals surface area contributed by atoms with Crippen LogP contribution in [0.5, 0.6) is 0 Å². The summed E-state index contributed by atoms with van der Waals surface area (Å²) in [5.74, 6) is -0.100. The Labute approximate surface area is 132 Å². The SMILES string of the molecule is C[C@H]1C[N+](=C(N)NC(=O)c2cc(Cl)nc(Cl)c2)C[C@H](C)O1. The van der Waals surface area contributed by atoms with Crippen molar-refractivity contribution in [1.29, 1.82) is 0 Å². The van der Waals surface area contributed by atoms with E-state index in [1.54, 1.807) is 0 Å². The van der Waals surface area contributed by atoms with E-state index in [4.69, 9.17) is 33.7 Å². The minimum atomic E-state index is -0.384. The second-order valence-electron chi connectivity index (χ2n) is 5.00. The van der Waals surface area contributed by atoms with Crippen LogP contribution in [0.1, 0.15) is 24.2 Å². The van der Waals surface area contributed by atoms with Crippen LogP contribution in [0.4, 0.5) is 0 Å². The number of carbonyl (C=O) groups excluding carboxylic acids is 1. The average molecular weight is 332 g/mol. The number of morpholine rings is 1. The van der Waals surface area contributed by atoms with Crippen molar-refractivity contribution in [2.24, 2.45) is 5.73 Å². The van der Waals surface area contributed by atoms with Gasteiger partial charge >= 0.3 is 11.9 Å². The number of nitrogens with two attached hydrogens (primary N) is 1. The molecule has 2 atom stereocenters. The monoisotopic (exact) mass is 331 g/mol. The molecule has 3 N–H and O–H groups in total. The standard InChI is InChI=1S/C13H16Cl2N4O2/c1-7-5-19(6-8(2)21-7)13(16)18-12(20)9-3-10(14)17-11(15)4-9/h3-4,7-8H,5-6H2,1-2H3,(H2,16,18,20)/p+1/t7-,8-/m0/s1. The van der Waals surface area contributed by atoms with E-state index in [9.17, 15) is 4.79 Å². The smallest absolute Gasteiger partial charge is 0.351 e. The van der Waals surface area contributed by atoms with Crippen molar-refractivity contribution in [2.45, 2.75) is 26.1 Å². The van der Waals surface area contributed by atoms with Crippen molar-refractivity contribution in [3.05, 3.63) is 28.0 Å². The lowest BCUT2D eigenvalue weighted by Gasteiger charge is -2.27. The molecule has 1 amide bonds. The molecule has 114 valence electrons. The number of hydrogen-bond donors (Lipinski definition) is 2. The molecule has 0 aliphatic carbocycles. The molecular formula is C13H17Cl2N4O2+. The molecule has 0 bridgehead atoms. The molecule has 0 radical (unpaired) electrons. The summed E-state index contributed by atoms with van der Waals surface area (Å²) >= 11 is 11.6. The predicted molar refractivity (Wildman–Crippen MR) is 80.9 cm³/mol. The van der Waals surface area contributed by atoms with Crippen molar-refractivity contribution in [3.63, 3.8) is 0 Å². The van der Waals surface area contributed by atoms with Gasteiger partial charge in [0.15, 0.2) is 0 Å². The van der Waals surface area contributed by atoms with Crippen LogP contribution in [0.2, 0.25) is 10.3 Å². The molecule has 2 heterocycles. The van der Waals surface area contributed by atoms with Gasteiger partial charge in [0.2, 0.25) is 0 Å². The molecule has 1 aliphatic heterocycles. The Morgan fingerprint density at radius 2 is 1.86 bits per heavy atom. The van der Waals surface area contributed by atoms with E-state index in [2.05, 4.69) is 10.3 Å². The predicted octanol–water partition coefficient (Wildman–Crippen LogP) is 1.25. The fourth-order valence-electron chi connectivity index (χ4n) is 2.24. The zero-order valence-corrected chi connectivity index (χ0v) is 13.3. The second kappa shape index (κ2) is 6.60. The highest BCUT2D eigenvalue weighted by molar-refractivity contribution is 6.33. The third-order valence-electron chi connectivity index (χ3n) is 3.03. The largest absolute Gasteiger partial charge is 0.369 e. The van der Waals surface area contributed by atoms with Gasteiger partial charge in [-0.05, 0) is 26.0 Å². The van der Waals surface area contributed by atoms with Gasteiger partial charge in [0, 0.05) is 0 Å². The maximum absolute atomic E-state index is 12.2. The number of ether oxygens (including phenoxy) is 1. The molecule has 1 fully saturated rings. The van der Waals surface area contributed by atoms with Crippen molar-refractivity contribution >= 4 is 35.1 Å². The molecule has 0 aromatic carbocycles. The average Bonchev–Trinajstić information content (AvgIpc) is 2.36. The molecule has 1 aromatic rings. The first kappa shape index (κ1) is 16.0. The quantitative estimate of drug-likeness (QED) is 0.461. The molecule has 0 unspecified atom stereocenters. The van der Waals surface area contributed by atoms with Gasteiger partial charge in [-0.25, -0.2) is 10.3 Å². The van der Waals surface area contributed by atoms with E-state index in [0.29, 0.717) is 18.7 Å². The third-order valence-corrected chi connectivity index (χ3v) is 3.41. The molecule has 2 rings (SSSR count). The summed E-state index contributed by atoms with van der Waals surface area (Å²) in [5, 5.41) is 2.95. The molecule has 8 heteroatoms. The van der Waals surface area contributed by atoms with Gasteiger partial charge in [-0.15, -0.1) is 0 Å². The Morgan fingerprint density at radius 1 is 1.33 bits per heavy atom. The molecular weight excluding hydrogens is 315 g/mol. The summed E-state index contributed by atoms with van der Waals surface area (Å²) in [6.45, 7) is 5.16. The second-order valence-corrected chi connectivity index (χ2v) is 5.78.